The third kappa shape index (κ3) is 6.08. The molecule has 0 saturated heterocycles. The Kier molecular flexibility index (Phi) is 7.61. The molecule has 0 aliphatic rings. The molecule has 196 valence electrons. The van der Waals surface area contributed by atoms with Gasteiger partial charge in [-0.05, 0) is 80.1 Å². The molecule has 4 aromatic rings. The maximum absolute atomic E-state index is 13.0. The van der Waals surface area contributed by atoms with E-state index in [1.54, 1.807) is 48.3 Å². The molecule has 1 amide bonds. The Morgan fingerprint density at radius 2 is 1.61 bits per heavy atom. The van der Waals surface area contributed by atoms with Crippen LogP contribution in [0, 0.1) is 13.8 Å². The van der Waals surface area contributed by atoms with Gasteiger partial charge in [0.2, 0.25) is 0 Å². The van der Waals surface area contributed by atoms with Crippen LogP contribution >= 0.6 is 0 Å². The molecule has 0 spiro atoms. The minimum Gasteiger partial charge on any atom is -0.457 e. The number of Topliss-reactive ketones (excluding diaryl/α,β-unsaturated/α-hetero) is 1. The van der Waals surface area contributed by atoms with Gasteiger partial charge >= 0.3 is 6.18 Å². The number of carbonyl (C=O) groups excluding carboxylic acids is 2. The van der Waals surface area contributed by atoms with Crippen LogP contribution in [0.1, 0.15) is 48.9 Å². The number of hydrogen-bond acceptors (Lipinski definition) is 5. The summed E-state index contributed by atoms with van der Waals surface area (Å²) in [4.78, 5) is 29.0. The molecule has 38 heavy (non-hydrogen) atoms. The second-order valence-corrected chi connectivity index (χ2v) is 8.68. The van der Waals surface area contributed by atoms with Gasteiger partial charge in [0, 0.05) is 36.5 Å². The number of aryl methyl sites for hydroxylation is 1. The van der Waals surface area contributed by atoms with Gasteiger partial charge in [-0.3, -0.25) is 19.3 Å². The van der Waals surface area contributed by atoms with Gasteiger partial charge in [0.1, 0.15) is 17.2 Å². The van der Waals surface area contributed by atoms with Crippen LogP contribution in [0.3, 0.4) is 0 Å². The van der Waals surface area contributed by atoms with E-state index in [2.05, 4.69) is 15.4 Å². The normalized spacial score (nSPS) is 11.3. The van der Waals surface area contributed by atoms with Crippen LogP contribution in [0.4, 0.5) is 13.2 Å². The van der Waals surface area contributed by atoms with Crippen molar-refractivity contribution in [3.63, 3.8) is 0 Å². The number of pyridine rings is 1. The van der Waals surface area contributed by atoms with E-state index < -0.39 is 11.7 Å². The smallest absolute Gasteiger partial charge is 0.416 e. The topological polar surface area (TPSA) is 86.1 Å². The van der Waals surface area contributed by atoms with E-state index >= 15 is 0 Å². The number of carbonyl (C=O) groups is 2. The van der Waals surface area contributed by atoms with Crippen molar-refractivity contribution < 1.29 is 27.5 Å². The number of alkyl halides is 3. The Morgan fingerprint density at radius 3 is 2.21 bits per heavy atom. The number of rotatable bonds is 8. The van der Waals surface area contributed by atoms with Crippen molar-refractivity contribution in [3.05, 3.63) is 106 Å². The number of benzene rings is 2. The molecule has 2 aromatic carbocycles. The van der Waals surface area contributed by atoms with Crippen molar-refractivity contribution in [2.45, 2.75) is 33.0 Å². The molecule has 10 heteroatoms. The molecule has 0 aliphatic heterocycles. The fraction of sp³-hybridized carbons (Fsp3) is 0.214. The minimum atomic E-state index is -4.41. The number of ketones is 1. The molecular formula is C28H25F3N4O3. The van der Waals surface area contributed by atoms with Crippen LogP contribution in [-0.2, 0) is 19.1 Å². The van der Waals surface area contributed by atoms with Gasteiger partial charge < -0.3 is 10.1 Å². The average molecular weight is 523 g/mol. The first kappa shape index (κ1) is 26.6. The molecule has 0 saturated carbocycles. The van der Waals surface area contributed by atoms with Crippen molar-refractivity contribution in [2.75, 3.05) is 7.05 Å². The molecule has 7 nitrogen and oxygen atoms in total. The highest BCUT2D eigenvalue weighted by Gasteiger charge is 2.30. The molecule has 0 radical (unpaired) electrons. The Hall–Kier alpha value is -4.47. The third-order valence-corrected chi connectivity index (χ3v) is 6.08. The zero-order chi connectivity index (χ0) is 27.4. The van der Waals surface area contributed by atoms with Crippen LogP contribution in [0.5, 0.6) is 11.5 Å². The molecule has 1 N–H and O–H groups in total. The van der Waals surface area contributed by atoms with Crippen LogP contribution in [0.15, 0.2) is 66.9 Å². The van der Waals surface area contributed by atoms with Crippen molar-refractivity contribution in [3.8, 4) is 11.5 Å². The molecule has 4 rings (SSSR count). The Morgan fingerprint density at radius 1 is 0.974 bits per heavy atom. The zero-order valence-electron chi connectivity index (χ0n) is 21.0. The van der Waals surface area contributed by atoms with E-state index in [0.29, 0.717) is 23.6 Å². The lowest BCUT2D eigenvalue weighted by Crippen LogP contribution is -2.19. The Balaban J connectivity index is 1.43. The maximum atomic E-state index is 13.0. The first-order valence-corrected chi connectivity index (χ1v) is 11.7. The molecule has 2 aromatic heterocycles. The lowest BCUT2D eigenvalue weighted by molar-refractivity contribution is -0.137. The standard InChI is InChI=1S/C28H25F3N4O3/c1-17-24(18(2)35(34-17)16-19-12-13-33-25(14-19)27(37)32-3)15-26(36)20-4-8-22(9-5-20)38-23-10-6-21(7-11-23)28(29,30)31/h4-14H,15-16H2,1-3H3,(H,32,37). The molecule has 0 fully saturated rings. The fourth-order valence-electron chi connectivity index (χ4n) is 3.96. The van der Waals surface area contributed by atoms with Gasteiger partial charge in [0.05, 0.1) is 17.8 Å². The number of hydrogen-bond donors (Lipinski definition) is 1. The highest BCUT2D eigenvalue weighted by atomic mass is 19.4. The molecular weight excluding hydrogens is 497 g/mol. The van der Waals surface area contributed by atoms with Crippen molar-refractivity contribution >= 4 is 11.7 Å². The van der Waals surface area contributed by atoms with Gasteiger partial charge in [-0.1, -0.05) is 0 Å². The van der Waals surface area contributed by atoms with Gasteiger partial charge in [-0.25, -0.2) is 0 Å². The zero-order valence-corrected chi connectivity index (χ0v) is 21.0. The summed E-state index contributed by atoms with van der Waals surface area (Å²) in [5.74, 6) is 0.271. The average Bonchev–Trinajstić information content (AvgIpc) is 3.15. The highest BCUT2D eigenvalue weighted by molar-refractivity contribution is 5.97. The minimum absolute atomic E-state index is 0.109. The molecule has 2 heterocycles. The summed E-state index contributed by atoms with van der Waals surface area (Å²) in [7, 11) is 1.54. The van der Waals surface area contributed by atoms with E-state index in [4.69, 9.17) is 4.74 Å². The summed E-state index contributed by atoms with van der Waals surface area (Å²) in [6.07, 6.45) is -2.69. The van der Waals surface area contributed by atoms with Gasteiger partial charge in [0.15, 0.2) is 5.78 Å². The number of amides is 1. The molecule has 0 atom stereocenters. The summed E-state index contributed by atoms with van der Waals surface area (Å²) < 4.78 is 45.6. The first-order chi connectivity index (χ1) is 18.0. The van der Waals surface area contributed by atoms with Gasteiger partial charge in [-0.2, -0.15) is 18.3 Å². The van der Waals surface area contributed by atoms with Crippen molar-refractivity contribution in [1.82, 2.24) is 20.1 Å². The maximum Gasteiger partial charge on any atom is 0.416 e. The molecule has 0 bridgehead atoms. The number of nitrogens with one attached hydrogen (secondary N) is 1. The number of nitrogens with zero attached hydrogens (tertiary/aromatic N) is 3. The number of aromatic nitrogens is 3. The summed E-state index contributed by atoms with van der Waals surface area (Å²) in [5, 5.41) is 7.13. The number of halogens is 3. The number of ether oxygens (including phenoxy) is 1. The van der Waals surface area contributed by atoms with E-state index in [0.717, 1.165) is 34.6 Å². The predicted octanol–water partition coefficient (Wildman–Crippen LogP) is 5.54. The van der Waals surface area contributed by atoms with Crippen molar-refractivity contribution in [1.29, 1.82) is 0 Å². The fourth-order valence-corrected chi connectivity index (χ4v) is 3.96. The quantitative estimate of drug-likeness (QED) is 0.307. The van der Waals surface area contributed by atoms with E-state index in [9.17, 15) is 22.8 Å². The summed E-state index contributed by atoms with van der Waals surface area (Å²) in [6, 6.07) is 14.3. The van der Waals surface area contributed by atoms with Crippen LogP contribution in [-0.4, -0.2) is 33.5 Å². The molecule has 0 aliphatic carbocycles. The van der Waals surface area contributed by atoms with E-state index in [-0.39, 0.29) is 23.9 Å². The SMILES string of the molecule is CNC(=O)c1cc(Cn2nc(C)c(CC(=O)c3ccc(Oc4ccc(C(F)(F)F)cc4)cc3)c2C)ccn1. The monoisotopic (exact) mass is 522 g/mol. The van der Waals surface area contributed by atoms with Gasteiger partial charge in [-0.15, -0.1) is 0 Å². The highest BCUT2D eigenvalue weighted by Crippen LogP contribution is 2.31. The molecule has 0 unspecified atom stereocenters. The third-order valence-electron chi connectivity index (χ3n) is 6.08. The lowest BCUT2D eigenvalue weighted by Gasteiger charge is -2.09. The van der Waals surface area contributed by atoms with Crippen LogP contribution in [0.25, 0.3) is 0 Å². The summed E-state index contributed by atoms with van der Waals surface area (Å²) >= 11 is 0. The summed E-state index contributed by atoms with van der Waals surface area (Å²) in [6.45, 7) is 4.16. The van der Waals surface area contributed by atoms with Crippen LogP contribution in [0.2, 0.25) is 0 Å². The van der Waals surface area contributed by atoms with Crippen molar-refractivity contribution in [2.24, 2.45) is 0 Å². The summed E-state index contributed by atoms with van der Waals surface area (Å²) in [5.41, 5.74) is 3.28. The van der Waals surface area contributed by atoms with E-state index in [1.165, 1.54) is 12.1 Å². The Labute approximate surface area is 217 Å². The van der Waals surface area contributed by atoms with E-state index in [1.807, 2.05) is 19.9 Å². The van der Waals surface area contributed by atoms with Crippen LogP contribution < -0.4 is 10.1 Å². The second kappa shape index (κ2) is 10.9. The largest absolute Gasteiger partial charge is 0.457 e. The Bertz CT molecular complexity index is 1460. The first-order valence-electron chi connectivity index (χ1n) is 11.7. The predicted molar refractivity (Wildman–Crippen MR) is 134 cm³/mol. The second-order valence-electron chi connectivity index (χ2n) is 8.68. The lowest BCUT2D eigenvalue weighted by atomic mass is 10.0. The van der Waals surface area contributed by atoms with Gasteiger partial charge in [0.25, 0.3) is 5.91 Å².